The molecule has 0 unspecified atom stereocenters. The van der Waals surface area contributed by atoms with Gasteiger partial charge in [0, 0.05) is 23.6 Å². The fraction of sp³-hybridized carbons (Fsp3) is 0.125. The Morgan fingerprint density at radius 3 is 2.45 bits per heavy atom. The first-order valence-electron chi connectivity index (χ1n) is 6.60. The molecule has 0 N–H and O–H groups in total. The van der Waals surface area contributed by atoms with Gasteiger partial charge in [-0.15, -0.1) is 0 Å². The third kappa shape index (κ3) is 3.35. The summed E-state index contributed by atoms with van der Waals surface area (Å²) in [5, 5.41) is 11.0. The molecule has 0 spiro atoms. The zero-order valence-electron chi connectivity index (χ0n) is 11.8. The molecule has 2 aromatic rings. The predicted octanol–water partition coefficient (Wildman–Crippen LogP) is 3.79. The van der Waals surface area contributed by atoms with Gasteiger partial charge in [0.1, 0.15) is 12.0 Å². The van der Waals surface area contributed by atoms with Gasteiger partial charge in [-0.25, -0.2) is 0 Å². The van der Waals surface area contributed by atoms with Crippen LogP contribution >= 0.6 is 0 Å². The highest BCUT2D eigenvalue weighted by atomic mass is 16.6. The number of Topliss-reactive ketones (excluding diaryl/α,β-unsaturated/α-hetero) is 1. The molecule has 0 saturated carbocycles. The predicted molar refractivity (Wildman–Crippen MR) is 79.6 cm³/mol. The first kappa shape index (κ1) is 15.4. The van der Waals surface area contributed by atoms with Gasteiger partial charge in [0.05, 0.1) is 4.92 Å². The Morgan fingerprint density at radius 1 is 1.23 bits per heavy atom. The SMILES string of the molecule is CCC(=O)c1ccc(Oc2ccc(C=O)cc2[N+](=O)[O-])cc1. The van der Waals surface area contributed by atoms with Crippen molar-refractivity contribution in [2.75, 3.05) is 0 Å². The molecule has 22 heavy (non-hydrogen) atoms. The molecule has 0 atom stereocenters. The fourth-order valence-corrected chi connectivity index (χ4v) is 1.88. The molecule has 0 aliphatic heterocycles. The van der Waals surface area contributed by atoms with Crippen LogP contribution in [0.15, 0.2) is 42.5 Å². The number of ketones is 1. The Labute approximate surface area is 126 Å². The molecule has 0 bridgehead atoms. The van der Waals surface area contributed by atoms with Crippen molar-refractivity contribution in [1.82, 2.24) is 0 Å². The summed E-state index contributed by atoms with van der Waals surface area (Å²) in [4.78, 5) is 32.6. The monoisotopic (exact) mass is 299 g/mol. The first-order valence-corrected chi connectivity index (χ1v) is 6.60. The summed E-state index contributed by atoms with van der Waals surface area (Å²) in [6, 6.07) is 10.3. The number of nitrogens with zero attached hydrogens (tertiary/aromatic N) is 1. The van der Waals surface area contributed by atoms with Crippen molar-refractivity contribution in [3.05, 3.63) is 63.7 Å². The van der Waals surface area contributed by atoms with E-state index in [-0.39, 0.29) is 22.8 Å². The summed E-state index contributed by atoms with van der Waals surface area (Å²) in [6.45, 7) is 1.77. The van der Waals surface area contributed by atoms with Crippen molar-refractivity contribution < 1.29 is 19.2 Å². The van der Waals surface area contributed by atoms with Gasteiger partial charge >= 0.3 is 5.69 Å². The van der Waals surface area contributed by atoms with Gasteiger partial charge in [-0.1, -0.05) is 6.92 Å². The first-order chi connectivity index (χ1) is 10.5. The smallest absolute Gasteiger partial charge is 0.312 e. The molecule has 0 aliphatic rings. The summed E-state index contributed by atoms with van der Waals surface area (Å²) < 4.78 is 5.47. The van der Waals surface area contributed by atoms with Crippen molar-refractivity contribution in [2.45, 2.75) is 13.3 Å². The Morgan fingerprint density at radius 2 is 1.91 bits per heavy atom. The number of rotatable bonds is 6. The van der Waals surface area contributed by atoms with E-state index in [0.29, 0.717) is 24.0 Å². The van der Waals surface area contributed by atoms with Crippen molar-refractivity contribution in [2.24, 2.45) is 0 Å². The van der Waals surface area contributed by atoms with Crippen LogP contribution in [0.4, 0.5) is 5.69 Å². The number of nitro benzene ring substituents is 1. The van der Waals surface area contributed by atoms with E-state index in [1.54, 1.807) is 31.2 Å². The highest BCUT2D eigenvalue weighted by Crippen LogP contribution is 2.32. The third-order valence-electron chi connectivity index (χ3n) is 3.04. The van der Waals surface area contributed by atoms with Crippen LogP contribution in [0.1, 0.15) is 34.1 Å². The van der Waals surface area contributed by atoms with Gasteiger partial charge in [0.2, 0.25) is 5.75 Å². The number of benzene rings is 2. The molecule has 0 fully saturated rings. The van der Waals surface area contributed by atoms with Gasteiger partial charge in [-0.05, 0) is 36.4 Å². The molecule has 6 nitrogen and oxygen atoms in total. The molecule has 2 aromatic carbocycles. The zero-order chi connectivity index (χ0) is 16.1. The quantitative estimate of drug-likeness (QED) is 0.350. The molecule has 112 valence electrons. The highest BCUT2D eigenvalue weighted by molar-refractivity contribution is 5.95. The lowest BCUT2D eigenvalue weighted by Crippen LogP contribution is -1.97. The van der Waals surface area contributed by atoms with Gasteiger partial charge < -0.3 is 4.74 Å². The Hall–Kier alpha value is -3.02. The molecule has 0 saturated heterocycles. The van der Waals surface area contributed by atoms with Crippen molar-refractivity contribution in [3.63, 3.8) is 0 Å². The average Bonchev–Trinajstić information content (AvgIpc) is 2.55. The van der Waals surface area contributed by atoms with Crippen LogP contribution in [0, 0.1) is 10.1 Å². The van der Waals surface area contributed by atoms with E-state index in [4.69, 9.17) is 4.74 Å². The van der Waals surface area contributed by atoms with Crippen LogP contribution in [-0.4, -0.2) is 17.0 Å². The van der Waals surface area contributed by atoms with E-state index in [1.165, 1.54) is 12.1 Å². The molecule has 0 aromatic heterocycles. The van der Waals surface area contributed by atoms with Crippen LogP contribution < -0.4 is 4.74 Å². The van der Waals surface area contributed by atoms with Crippen molar-refractivity contribution in [3.8, 4) is 11.5 Å². The lowest BCUT2D eigenvalue weighted by molar-refractivity contribution is -0.385. The van der Waals surface area contributed by atoms with E-state index < -0.39 is 4.92 Å². The second-order valence-corrected chi connectivity index (χ2v) is 4.51. The standard InChI is InChI=1S/C16H13NO5/c1-2-15(19)12-4-6-13(7-5-12)22-16-8-3-11(10-18)9-14(16)17(20)21/h3-10H,2H2,1H3. The second kappa shape index (κ2) is 6.62. The molecule has 2 rings (SSSR count). The molecule has 0 radical (unpaired) electrons. The largest absolute Gasteiger partial charge is 0.450 e. The van der Waals surface area contributed by atoms with Crippen molar-refractivity contribution in [1.29, 1.82) is 0 Å². The minimum atomic E-state index is -0.614. The number of carbonyl (C=O) groups is 2. The number of nitro groups is 1. The van der Waals surface area contributed by atoms with Gasteiger partial charge in [-0.2, -0.15) is 0 Å². The second-order valence-electron chi connectivity index (χ2n) is 4.51. The number of ether oxygens (including phenoxy) is 1. The maximum absolute atomic E-state index is 11.5. The summed E-state index contributed by atoms with van der Waals surface area (Å²) >= 11 is 0. The number of aldehydes is 1. The topological polar surface area (TPSA) is 86.5 Å². The number of hydrogen-bond acceptors (Lipinski definition) is 5. The van der Waals surface area contributed by atoms with Crippen LogP contribution in [0.5, 0.6) is 11.5 Å². The molecular weight excluding hydrogens is 286 g/mol. The maximum Gasteiger partial charge on any atom is 0.312 e. The normalized spacial score (nSPS) is 10.0. The summed E-state index contributed by atoms with van der Waals surface area (Å²) in [7, 11) is 0. The summed E-state index contributed by atoms with van der Waals surface area (Å²) in [5.41, 5.74) is 0.460. The Kier molecular flexibility index (Phi) is 4.63. The van der Waals surface area contributed by atoms with Gasteiger partial charge in [0.25, 0.3) is 0 Å². The summed E-state index contributed by atoms with van der Waals surface area (Å²) in [6.07, 6.45) is 0.931. The van der Waals surface area contributed by atoms with E-state index in [2.05, 4.69) is 0 Å². The lowest BCUT2D eigenvalue weighted by atomic mass is 10.1. The maximum atomic E-state index is 11.5. The van der Waals surface area contributed by atoms with Crippen LogP contribution in [0.2, 0.25) is 0 Å². The molecule has 0 heterocycles. The van der Waals surface area contributed by atoms with Gasteiger partial charge in [-0.3, -0.25) is 19.7 Å². The Balaban J connectivity index is 2.28. The molecular formula is C16H13NO5. The van der Waals surface area contributed by atoms with Crippen LogP contribution in [-0.2, 0) is 0 Å². The lowest BCUT2D eigenvalue weighted by Gasteiger charge is -2.07. The number of hydrogen-bond donors (Lipinski definition) is 0. The van der Waals surface area contributed by atoms with E-state index in [1.807, 2.05) is 0 Å². The zero-order valence-corrected chi connectivity index (χ0v) is 11.8. The minimum Gasteiger partial charge on any atom is -0.450 e. The minimum absolute atomic E-state index is 0.00728. The highest BCUT2D eigenvalue weighted by Gasteiger charge is 2.16. The van der Waals surface area contributed by atoms with E-state index >= 15 is 0 Å². The third-order valence-corrected chi connectivity index (χ3v) is 3.04. The number of carbonyl (C=O) groups excluding carboxylic acids is 2. The fourth-order valence-electron chi connectivity index (χ4n) is 1.88. The van der Waals surface area contributed by atoms with Crippen LogP contribution in [0.25, 0.3) is 0 Å². The van der Waals surface area contributed by atoms with Crippen LogP contribution in [0.3, 0.4) is 0 Å². The van der Waals surface area contributed by atoms with E-state index in [0.717, 1.165) is 6.07 Å². The van der Waals surface area contributed by atoms with E-state index in [9.17, 15) is 19.7 Å². The summed E-state index contributed by atoms with van der Waals surface area (Å²) in [5.74, 6) is 0.410. The van der Waals surface area contributed by atoms with Crippen molar-refractivity contribution >= 4 is 17.8 Å². The molecule has 0 aliphatic carbocycles. The molecule has 0 amide bonds. The Bertz CT molecular complexity index is 722. The van der Waals surface area contributed by atoms with Gasteiger partial charge in [0.15, 0.2) is 5.78 Å². The molecule has 6 heteroatoms. The average molecular weight is 299 g/mol.